The van der Waals surface area contributed by atoms with E-state index in [0.29, 0.717) is 18.4 Å². The second-order valence-corrected chi connectivity index (χ2v) is 5.37. The molecule has 17 heavy (non-hydrogen) atoms. The van der Waals surface area contributed by atoms with E-state index in [4.69, 9.17) is 10.00 Å². The fourth-order valence-corrected chi connectivity index (χ4v) is 2.30. The van der Waals surface area contributed by atoms with Crippen LogP contribution in [0.15, 0.2) is 0 Å². The maximum atomic E-state index is 11.9. The predicted molar refractivity (Wildman–Crippen MR) is 63.1 cm³/mol. The predicted octanol–water partition coefficient (Wildman–Crippen LogP) is 2.40. The number of likely N-dealkylation sites (tertiary alicyclic amines) is 1. The van der Waals surface area contributed by atoms with Crippen LogP contribution in [0.3, 0.4) is 0 Å². The molecule has 1 amide bonds. The van der Waals surface area contributed by atoms with Crippen LogP contribution < -0.4 is 0 Å². The molecule has 0 radical (unpaired) electrons. The van der Waals surface area contributed by atoms with Gasteiger partial charge in [-0.05, 0) is 38.0 Å². The SMILES string of the molecule is CC1CCN(C(=O)OC(C)C2CC2)CC1C#N. The number of ether oxygens (including phenoxy) is 1. The van der Waals surface area contributed by atoms with Crippen LogP contribution in [0.5, 0.6) is 0 Å². The second-order valence-electron chi connectivity index (χ2n) is 5.37. The van der Waals surface area contributed by atoms with Crippen LogP contribution >= 0.6 is 0 Å². The van der Waals surface area contributed by atoms with Gasteiger partial charge in [-0.1, -0.05) is 6.92 Å². The van der Waals surface area contributed by atoms with Gasteiger partial charge in [0.25, 0.3) is 0 Å². The molecule has 0 N–H and O–H groups in total. The molecule has 3 atom stereocenters. The smallest absolute Gasteiger partial charge is 0.410 e. The maximum absolute atomic E-state index is 11.9. The van der Waals surface area contributed by atoms with Crippen molar-refractivity contribution in [2.24, 2.45) is 17.8 Å². The van der Waals surface area contributed by atoms with Gasteiger partial charge < -0.3 is 9.64 Å². The van der Waals surface area contributed by atoms with Gasteiger partial charge in [-0.15, -0.1) is 0 Å². The summed E-state index contributed by atoms with van der Waals surface area (Å²) >= 11 is 0. The van der Waals surface area contributed by atoms with E-state index in [-0.39, 0.29) is 18.1 Å². The zero-order valence-electron chi connectivity index (χ0n) is 10.6. The Balaban J connectivity index is 1.85. The molecule has 1 saturated heterocycles. The fraction of sp³-hybridized carbons (Fsp3) is 0.846. The van der Waals surface area contributed by atoms with Crippen molar-refractivity contribution in [3.8, 4) is 6.07 Å². The van der Waals surface area contributed by atoms with E-state index in [1.54, 1.807) is 4.90 Å². The zero-order chi connectivity index (χ0) is 12.4. The number of nitrogens with zero attached hydrogens (tertiary/aromatic N) is 2. The van der Waals surface area contributed by atoms with Gasteiger partial charge in [-0.2, -0.15) is 5.26 Å². The number of hydrogen-bond donors (Lipinski definition) is 0. The first kappa shape index (κ1) is 12.2. The Morgan fingerprint density at radius 3 is 2.76 bits per heavy atom. The van der Waals surface area contributed by atoms with E-state index < -0.39 is 0 Å². The summed E-state index contributed by atoms with van der Waals surface area (Å²) in [6, 6.07) is 2.28. The van der Waals surface area contributed by atoms with Crippen molar-refractivity contribution in [2.45, 2.75) is 39.2 Å². The molecule has 94 valence electrons. The molecule has 0 aromatic carbocycles. The van der Waals surface area contributed by atoms with Gasteiger partial charge in [-0.3, -0.25) is 0 Å². The first-order valence-corrected chi connectivity index (χ1v) is 6.47. The van der Waals surface area contributed by atoms with Gasteiger partial charge >= 0.3 is 6.09 Å². The zero-order valence-corrected chi connectivity index (χ0v) is 10.6. The summed E-state index contributed by atoms with van der Waals surface area (Å²) in [5, 5.41) is 9.01. The van der Waals surface area contributed by atoms with Crippen molar-refractivity contribution in [1.29, 1.82) is 5.26 Å². The van der Waals surface area contributed by atoms with Gasteiger partial charge in [0.1, 0.15) is 6.10 Å². The van der Waals surface area contributed by atoms with E-state index in [9.17, 15) is 4.79 Å². The summed E-state index contributed by atoms with van der Waals surface area (Å²) < 4.78 is 5.42. The Bertz CT molecular complexity index is 333. The molecule has 1 aliphatic heterocycles. The Hall–Kier alpha value is -1.24. The minimum atomic E-state index is -0.239. The fourth-order valence-electron chi connectivity index (χ4n) is 2.30. The van der Waals surface area contributed by atoms with Crippen LogP contribution in [0.1, 0.15) is 33.1 Å². The largest absolute Gasteiger partial charge is 0.446 e. The van der Waals surface area contributed by atoms with E-state index in [1.807, 2.05) is 6.92 Å². The standard InChI is InChI=1S/C13H20N2O2/c1-9-5-6-15(8-12(9)7-14)13(16)17-10(2)11-3-4-11/h9-12H,3-6,8H2,1-2H3. The number of nitriles is 1. The molecule has 3 unspecified atom stereocenters. The summed E-state index contributed by atoms with van der Waals surface area (Å²) in [7, 11) is 0. The lowest BCUT2D eigenvalue weighted by Gasteiger charge is -2.33. The molecule has 2 aliphatic rings. The molecule has 4 nitrogen and oxygen atoms in total. The van der Waals surface area contributed by atoms with Gasteiger partial charge in [0.05, 0.1) is 12.0 Å². The van der Waals surface area contributed by atoms with Gasteiger partial charge in [0.15, 0.2) is 0 Å². The Morgan fingerprint density at radius 2 is 2.18 bits per heavy atom. The summed E-state index contributed by atoms with van der Waals surface area (Å²) in [5.74, 6) is 0.895. The van der Waals surface area contributed by atoms with Gasteiger partial charge in [0, 0.05) is 13.1 Å². The molecule has 0 aromatic heterocycles. The summed E-state index contributed by atoms with van der Waals surface area (Å²) in [4.78, 5) is 13.6. The lowest BCUT2D eigenvalue weighted by atomic mass is 9.88. The van der Waals surface area contributed by atoms with Crippen molar-refractivity contribution in [2.75, 3.05) is 13.1 Å². The minimum Gasteiger partial charge on any atom is -0.446 e. The van der Waals surface area contributed by atoms with Gasteiger partial charge in [0.2, 0.25) is 0 Å². The average Bonchev–Trinajstić information content (AvgIpc) is 3.13. The minimum absolute atomic E-state index is 0.0300. The molecule has 1 aliphatic carbocycles. The third kappa shape index (κ3) is 2.91. The average molecular weight is 236 g/mol. The highest BCUT2D eigenvalue weighted by molar-refractivity contribution is 5.68. The van der Waals surface area contributed by atoms with Crippen molar-refractivity contribution >= 4 is 6.09 Å². The quantitative estimate of drug-likeness (QED) is 0.739. The molecule has 2 fully saturated rings. The number of carbonyl (C=O) groups excluding carboxylic acids is 1. The molecule has 2 rings (SSSR count). The van der Waals surface area contributed by atoms with Crippen molar-refractivity contribution < 1.29 is 9.53 Å². The van der Waals surface area contributed by atoms with Crippen molar-refractivity contribution in [3.63, 3.8) is 0 Å². The van der Waals surface area contributed by atoms with Gasteiger partial charge in [-0.25, -0.2) is 4.79 Å². The van der Waals surface area contributed by atoms with E-state index in [1.165, 1.54) is 12.8 Å². The van der Waals surface area contributed by atoms with Crippen LogP contribution in [0, 0.1) is 29.1 Å². The normalized spacial score (nSPS) is 30.5. The number of piperidine rings is 1. The maximum Gasteiger partial charge on any atom is 0.410 e. The first-order valence-electron chi connectivity index (χ1n) is 6.47. The van der Waals surface area contributed by atoms with Crippen LogP contribution in [0.4, 0.5) is 4.79 Å². The van der Waals surface area contributed by atoms with Crippen molar-refractivity contribution in [1.82, 2.24) is 4.90 Å². The molecule has 0 spiro atoms. The number of hydrogen-bond acceptors (Lipinski definition) is 3. The third-order valence-corrected chi connectivity index (χ3v) is 3.95. The Kier molecular flexibility index (Phi) is 3.56. The summed E-state index contributed by atoms with van der Waals surface area (Å²) in [5.41, 5.74) is 0. The second kappa shape index (κ2) is 4.95. The number of carbonyl (C=O) groups is 1. The highest BCUT2D eigenvalue weighted by Crippen LogP contribution is 2.34. The molecule has 0 aromatic rings. The Labute approximate surface area is 103 Å². The van der Waals surface area contributed by atoms with E-state index >= 15 is 0 Å². The molecule has 0 bridgehead atoms. The lowest BCUT2D eigenvalue weighted by Crippen LogP contribution is -2.43. The highest BCUT2D eigenvalue weighted by atomic mass is 16.6. The Morgan fingerprint density at radius 1 is 1.47 bits per heavy atom. The summed E-state index contributed by atoms with van der Waals surface area (Å²) in [6.45, 7) is 5.27. The third-order valence-electron chi connectivity index (χ3n) is 3.95. The molecular formula is C13H20N2O2. The molecular weight excluding hydrogens is 216 g/mol. The highest BCUT2D eigenvalue weighted by Gasteiger charge is 2.34. The molecule has 1 saturated carbocycles. The van der Waals surface area contributed by atoms with Crippen LogP contribution in [0.25, 0.3) is 0 Å². The first-order chi connectivity index (χ1) is 8.11. The van der Waals surface area contributed by atoms with Crippen LogP contribution in [0.2, 0.25) is 0 Å². The number of amides is 1. The molecule has 1 heterocycles. The van der Waals surface area contributed by atoms with Crippen molar-refractivity contribution in [3.05, 3.63) is 0 Å². The number of rotatable bonds is 2. The van der Waals surface area contributed by atoms with E-state index in [2.05, 4.69) is 13.0 Å². The molecule has 4 heteroatoms. The lowest BCUT2D eigenvalue weighted by molar-refractivity contribution is 0.0467. The van der Waals surface area contributed by atoms with E-state index in [0.717, 1.165) is 13.0 Å². The topological polar surface area (TPSA) is 53.3 Å². The van der Waals surface area contributed by atoms with Crippen LogP contribution in [-0.4, -0.2) is 30.2 Å². The summed E-state index contributed by atoms with van der Waals surface area (Å²) in [6.07, 6.45) is 3.03. The van der Waals surface area contributed by atoms with Crippen LogP contribution in [-0.2, 0) is 4.74 Å². The monoisotopic (exact) mass is 236 g/mol.